The Morgan fingerprint density at radius 2 is 1.62 bits per heavy atom. The van der Waals surface area contributed by atoms with Gasteiger partial charge in [0.1, 0.15) is 0 Å². The number of hydrogen-bond donors (Lipinski definition) is 0. The fraction of sp³-hybridized carbons (Fsp3) is 0. The zero-order chi connectivity index (χ0) is 6.41. The van der Waals surface area contributed by atoms with Crippen molar-refractivity contribution < 1.29 is 23.2 Å². The van der Waals surface area contributed by atoms with Crippen molar-refractivity contribution in [2.75, 3.05) is 0 Å². The van der Waals surface area contributed by atoms with E-state index < -0.39 is 0 Å². The summed E-state index contributed by atoms with van der Waals surface area (Å²) in [6, 6.07) is 3.96. The van der Waals surface area contributed by atoms with Crippen LogP contribution in [0.4, 0.5) is 0 Å². The van der Waals surface area contributed by atoms with Crippen LogP contribution in [0.3, 0.4) is 0 Å². The van der Waals surface area contributed by atoms with Gasteiger partial charge in [-0.2, -0.15) is 0 Å². The Hall–Kier alpha value is 0.198. The van der Waals surface area contributed by atoms with Crippen LogP contribution in [0.2, 0.25) is 0 Å². The molecule has 0 aliphatic heterocycles. The van der Waals surface area contributed by atoms with Gasteiger partial charge >= 0.3 is 23.2 Å². The first-order valence-corrected chi connectivity index (χ1v) is 3.28. The summed E-state index contributed by atoms with van der Waals surface area (Å²) in [7, 11) is 2.53. The van der Waals surface area contributed by atoms with Gasteiger partial charge in [-0.3, -0.25) is 0 Å². The molecule has 1 unspecified atom stereocenters. The Morgan fingerprint density at radius 3 is 1.75 bits per heavy atom. The van der Waals surface area contributed by atoms with Crippen molar-refractivity contribution in [1.29, 1.82) is 0 Å². The normalized spacial score (nSPS) is 7.12. The van der Waals surface area contributed by atoms with Crippen LogP contribution in [0.1, 0.15) is 0 Å². The van der Waals surface area contributed by atoms with E-state index in [1.807, 2.05) is 28.9 Å². The average molecular weight is 211 g/mol. The predicted molar refractivity (Wildman–Crippen MR) is 30.2 cm³/mol. The van der Waals surface area contributed by atoms with E-state index in [4.69, 9.17) is 3.40 Å². The Bertz CT molecular complexity index is 131. The van der Waals surface area contributed by atoms with Crippen LogP contribution in [0.15, 0.2) is 24.5 Å². The Kier molecular flexibility index (Phi) is 5.47. The van der Waals surface area contributed by atoms with Crippen LogP contribution < -0.4 is 0 Å². The number of rotatable bonds is 0. The molecule has 1 heterocycles. The van der Waals surface area contributed by atoms with Crippen LogP contribution in [0.25, 0.3) is 0 Å². The van der Waals surface area contributed by atoms with Crippen molar-refractivity contribution in [3.8, 4) is 0 Å². The minimum atomic E-state index is 0.700. The fourth-order valence-electron chi connectivity index (χ4n) is 0.348. The molecule has 44 valence electrons. The molecule has 0 fully saturated rings. The van der Waals surface area contributed by atoms with E-state index in [0.29, 0.717) is 19.8 Å². The van der Waals surface area contributed by atoms with Gasteiger partial charge in [0.05, 0.1) is 0 Å². The fourth-order valence-corrected chi connectivity index (χ4v) is 0.547. The van der Waals surface area contributed by atoms with Crippen LogP contribution in [-0.2, 0) is 23.2 Å². The molecular formula is C4H6MoNOP. The third-order valence-corrected chi connectivity index (χ3v) is 0.972. The second kappa shape index (κ2) is 5.34. The van der Waals surface area contributed by atoms with Gasteiger partial charge in [-0.25, -0.2) is 0 Å². The molecule has 2 nitrogen and oxygen atoms in total. The third kappa shape index (κ3) is 3.23. The predicted octanol–water partition coefficient (Wildman–Crippen LogP) is 1.00. The van der Waals surface area contributed by atoms with E-state index in [1.54, 1.807) is 0 Å². The summed E-state index contributed by atoms with van der Waals surface area (Å²) in [6.45, 7) is 0. The van der Waals surface area contributed by atoms with E-state index in [2.05, 4.69) is 9.39 Å². The van der Waals surface area contributed by atoms with Gasteiger partial charge in [-0.05, 0) is 21.5 Å². The summed E-state index contributed by atoms with van der Waals surface area (Å²) in [5, 5.41) is 0. The number of hydrogen-bond acceptors (Lipinski definition) is 1. The van der Waals surface area contributed by atoms with Crippen molar-refractivity contribution in [1.82, 2.24) is 4.34 Å². The molecule has 1 atom stereocenters. The number of nitrogens with zero attached hydrogens (tertiary/aromatic N) is 1. The first-order chi connectivity index (χ1) is 3.89. The van der Waals surface area contributed by atoms with Crippen molar-refractivity contribution in [3.63, 3.8) is 0 Å². The first-order valence-electron chi connectivity index (χ1n) is 1.94. The second-order valence-electron chi connectivity index (χ2n) is 1.13. The summed E-state index contributed by atoms with van der Waals surface area (Å²) >= 11 is 0.700. The number of aromatic nitrogens is 1. The van der Waals surface area contributed by atoms with Crippen molar-refractivity contribution in [2.24, 2.45) is 0 Å². The van der Waals surface area contributed by atoms with Crippen LogP contribution in [0, 0.1) is 0 Å². The average Bonchev–Trinajstić information content (AvgIpc) is 2.24. The summed E-state index contributed by atoms with van der Waals surface area (Å²) < 4.78 is 10.2. The molecule has 4 heteroatoms. The van der Waals surface area contributed by atoms with Gasteiger partial charge in [-0.1, -0.05) is 0 Å². The maximum atomic E-state index is 8.26. The molecule has 0 N–H and O–H groups in total. The Labute approximate surface area is 61.7 Å². The van der Waals surface area contributed by atoms with Gasteiger partial charge in [0.15, 0.2) is 0 Å². The van der Waals surface area contributed by atoms with Crippen LogP contribution in [0.5, 0.6) is 0 Å². The van der Waals surface area contributed by atoms with E-state index in [9.17, 15) is 0 Å². The van der Waals surface area contributed by atoms with E-state index in [1.165, 1.54) is 0 Å². The summed E-state index contributed by atoms with van der Waals surface area (Å²) in [4.78, 5) is 0. The molecule has 8 heavy (non-hydrogen) atoms. The summed E-state index contributed by atoms with van der Waals surface area (Å²) in [5.74, 6) is 0. The first kappa shape index (κ1) is 8.20. The zero-order valence-corrected chi connectivity index (χ0v) is 7.31. The van der Waals surface area contributed by atoms with Gasteiger partial charge < -0.3 is 4.34 Å². The quantitative estimate of drug-likeness (QED) is 0.463. The van der Waals surface area contributed by atoms with Crippen LogP contribution in [-0.4, -0.2) is 4.34 Å². The van der Waals surface area contributed by atoms with Crippen molar-refractivity contribution >= 4 is 9.39 Å². The third-order valence-electron chi connectivity index (χ3n) is 0.628. The summed E-state index contributed by atoms with van der Waals surface area (Å²) in [5.41, 5.74) is 0. The summed E-state index contributed by atoms with van der Waals surface area (Å²) in [6.07, 6.45) is 3.93. The minimum absolute atomic E-state index is 0.700. The molecule has 0 aliphatic rings. The molecule has 0 bridgehead atoms. The molecule has 0 spiro atoms. The topological polar surface area (TPSA) is 22.0 Å². The zero-order valence-electron chi connectivity index (χ0n) is 4.15. The molecular weight excluding hydrogens is 205 g/mol. The second-order valence-corrected chi connectivity index (χ2v) is 1.73. The molecule has 0 saturated carbocycles. The van der Waals surface area contributed by atoms with Gasteiger partial charge in [0.25, 0.3) is 0 Å². The van der Waals surface area contributed by atoms with E-state index >= 15 is 0 Å². The molecule has 1 aromatic rings. The molecule has 1 aromatic heterocycles. The molecule has 0 radical (unpaired) electrons. The molecule has 0 aliphatic carbocycles. The van der Waals surface area contributed by atoms with Gasteiger partial charge in [0, 0.05) is 12.4 Å². The molecule has 1 rings (SSSR count). The van der Waals surface area contributed by atoms with Crippen molar-refractivity contribution in [3.05, 3.63) is 24.5 Å². The van der Waals surface area contributed by atoms with E-state index in [-0.39, 0.29) is 0 Å². The monoisotopic (exact) mass is 213 g/mol. The Balaban J connectivity index is 0.000000222. The maximum absolute atomic E-state index is 8.26. The molecule has 0 amide bonds. The van der Waals surface area contributed by atoms with E-state index in [0.717, 1.165) is 0 Å². The van der Waals surface area contributed by atoms with Crippen LogP contribution >= 0.6 is 9.39 Å². The molecule has 0 saturated heterocycles. The SMILES string of the molecule is Pn1cccc1.[O]=[Mo]. The Morgan fingerprint density at radius 1 is 1.25 bits per heavy atom. The van der Waals surface area contributed by atoms with Gasteiger partial charge in [0.2, 0.25) is 0 Å². The molecule has 0 aromatic carbocycles. The standard InChI is InChI=1S/C4H6NP.Mo.O/c6-5-3-1-2-4-5;;/h1-4H,6H2;;. The van der Waals surface area contributed by atoms with Gasteiger partial charge in [-0.15, -0.1) is 0 Å². The van der Waals surface area contributed by atoms with Crippen molar-refractivity contribution in [2.45, 2.75) is 0 Å².